The first-order chi connectivity index (χ1) is 14.0. The van der Waals surface area contributed by atoms with Crippen LogP contribution in [0.15, 0.2) is 42.5 Å². The Balaban J connectivity index is 1.34. The largest absolute Gasteiger partial charge is 0.490 e. The zero-order valence-corrected chi connectivity index (χ0v) is 17.7. The predicted molar refractivity (Wildman–Crippen MR) is 118 cm³/mol. The minimum atomic E-state index is -0.440. The van der Waals surface area contributed by atoms with Crippen LogP contribution in [0.2, 0.25) is 5.02 Å². The highest BCUT2D eigenvalue weighted by Gasteiger charge is 2.37. The molecule has 29 heavy (non-hydrogen) atoms. The molecule has 2 fully saturated rings. The van der Waals surface area contributed by atoms with Crippen LogP contribution in [-0.4, -0.2) is 12.7 Å². The Morgan fingerprint density at radius 2 is 1.72 bits per heavy atom. The van der Waals surface area contributed by atoms with Crippen LogP contribution < -0.4 is 16.2 Å². The number of halogens is 1. The van der Waals surface area contributed by atoms with Gasteiger partial charge in [-0.25, -0.2) is 0 Å². The molecule has 0 spiro atoms. The van der Waals surface area contributed by atoms with Gasteiger partial charge in [-0.05, 0) is 49.3 Å². The van der Waals surface area contributed by atoms with E-state index in [1.165, 1.54) is 12.0 Å². The third-order valence-corrected chi connectivity index (χ3v) is 6.68. The van der Waals surface area contributed by atoms with Crippen molar-refractivity contribution in [2.45, 2.75) is 63.2 Å². The SMILES string of the molecule is Nc1c(Cl)ccc(O[C@H]2C[C@@H](COCc3ccccc3)C2)c1C1(N)CCCCC1. The molecule has 4 nitrogen and oxygen atoms in total. The molecule has 0 radical (unpaired) electrons. The molecule has 2 aromatic carbocycles. The third kappa shape index (κ3) is 4.71. The Kier molecular flexibility index (Phi) is 6.33. The molecule has 0 aliphatic heterocycles. The maximum atomic E-state index is 6.80. The molecule has 0 bridgehead atoms. The Labute approximate surface area is 178 Å². The first-order valence-corrected chi connectivity index (χ1v) is 11.1. The molecule has 2 saturated carbocycles. The summed E-state index contributed by atoms with van der Waals surface area (Å²) in [7, 11) is 0. The van der Waals surface area contributed by atoms with E-state index in [0.717, 1.165) is 56.4 Å². The molecule has 2 aliphatic carbocycles. The van der Waals surface area contributed by atoms with Crippen molar-refractivity contribution in [3.63, 3.8) is 0 Å². The molecule has 0 heterocycles. The molecule has 0 saturated heterocycles. The number of nitrogen functional groups attached to an aromatic ring is 1. The molecule has 5 heteroatoms. The topological polar surface area (TPSA) is 70.5 Å². The van der Waals surface area contributed by atoms with Crippen LogP contribution in [0.4, 0.5) is 5.69 Å². The monoisotopic (exact) mass is 414 g/mol. The van der Waals surface area contributed by atoms with Gasteiger partial charge in [0.25, 0.3) is 0 Å². The molecule has 2 aliphatic rings. The van der Waals surface area contributed by atoms with E-state index in [-0.39, 0.29) is 6.10 Å². The van der Waals surface area contributed by atoms with Gasteiger partial charge in [0.05, 0.1) is 30.0 Å². The molecule has 156 valence electrons. The maximum Gasteiger partial charge on any atom is 0.126 e. The summed E-state index contributed by atoms with van der Waals surface area (Å²) in [4.78, 5) is 0. The van der Waals surface area contributed by atoms with E-state index >= 15 is 0 Å². The van der Waals surface area contributed by atoms with Gasteiger partial charge in [0.15, 0.2) is 0 Å². The fourth-order valence-corrected chi connectivity index (χ4v) is 4.78. The molecule has 0 amide bonds. The van der Waals surface area contributed by atoms with Gasteiger partial charge in [-0.2, -0.15) is 0 Å². The van der Waals surface area contributed by atoms with E-state index in [9.17, 15) is 0 Å². The highest BCUT2D eigenvalue weighted by molar-refractivity contribution is 6.33. The quantitative estimate of drug-likeness (QED) is 0.594. The Bertz CT molecular complexity index is 815. The van der Waals surface area contributed by atoms with Gasteiger partial charge in [-0.15, -0.1) is 0 Å². The van der Waals surface area contributed by atoms with Crippen molar-refractivity contribution in [2.75, 3.05) is 12.3 Å². The lowest BCUT2D eigenvalue weighted by Crippen LogP contribution is -2.41. The van der Waals surface area contributed by atoms with Crippen LogP contribution in [0.3, 0.4) is 0 Å². The van der Waals surface area contributed by atoms with E-state index < -0.39 is 5.54 Å². The number of anilines is 1. The van der Waals surface area contributed by atoms with Crippen LogP contribution in [0.5, 0.6) is 5.75 Å². The summed E-state index contributed by atoms with van der Waals surface area (Å²) >= 11 is 6.33. The normalized spacial score (nSPS) is 23.4. The maximum absolute atomic E-state index is 6.80. The first-order valence-electron chi connectivity index (χ1n) is 10.7. The van der Waals surface area contributed by atoms with Crippen molar-refractivity contribution in [2.24, 2.45) is 11.7 Å². The zero-order valence-electron chi connectivity index (χ0n) is 16.9. The van der Waals surface area contributed by atoms with Gasteiger partial charge in [0.2, 0.25) is 0 Å². The lowest BCUT2D eigenvalue weighted by molar-refractivity contribution is -0.00337. The zero-order chi connectivity index (χ0) is 20.3. The van der Waals surface area contributed by atoms with Crippen molar-refractivity contribution in [3.8, 4) is 5.75 Å². The Hall–Kier alpha value is -1.75. The fraction of sp³-hybridized carbons (Fsp3) is 0.500. The average Bonchev–Trinajstić information content (AvgIpc) is 2.70. The second-order valence-electron chi connectivity index (χ2n) is 8.63. The summed E-state index contributed by atoms with van der Waals surface area (Å²) in [6.07, 6.45) is 7.49. The summed E-state index contributed by atoms with van der Waals surface area (Å²) in [6, 6.07) is 14.0. The van der Waals surface area contributed by atoms with Crippen LogP contribution >= 0.6 is 11.6 Å². The Morgan fingerprint density at radius 1 is 1.00 bits per heavy atom. The Morgan fingerprint density at radius 3 is 2.45 bits per heavy atom. The van der Waals surface area contributed by atoms with Crippen molar-refractivity contribution >= 4 is 17.3 Å². The van der Waals surface area contributed by atoms with Crippen molar-refractivity contribution in [1.82, 2.24) is 0 Å². The summed E-state index contributed by atoms with van der Waals surface area (Å²) in [6.45, 7) is 1.43. The van der Waals surface area contributed by atoms with Gasteiger partial charge >= 0.3 is 0 Å². The number of rotatable bonds is 7. The second kappa shape index (κ2) is 8.95. The molecular weight excluding hydrogens is 384 g/mol. The van der Waals surface area contributed by atoms with Crippen LogP contribution in [0.25, 0.3) is 0 Å². The molecule has 0 aromatic heterocycles. The molecule has 0 unspecified atom stereocenters. The van der Waals surface area contributed by atoms with E-state index in [1.807, 2.05) is 30.3 Å². The van der Waals surface area contributed by atoms with Crippen molar-refractivity contribution in [1.29, 1.82) is 0 Å². The summed E-state index contributed by atoms with van der Waals surface area (Å²) < 4.78 is 12.2. The predicted octanol–water partition coefficient (Wildman–Crippen LogP) is 5.41. The van der Waals surface area contributed by atoms with Gasteiger partial charge in [-0.1, -0.05) is 61.2 Å². The highest BCUT2D eigenvalue weighted by Crippen LogP contribution is 2.46. The van der Waals surface area contributed by atoms with Crippen LogP contribution in [-0.2, 0) is 16.9 Å². The van der Waals surface area contributed by atoms with Gasteiger partial charge in [0.1, 0.15) is 5.75 Å². The number of nitrogens with two attached hydrogens (primary N) is 2. The van der Waals surface area contributed by atoms with E-state index in [0.29, 0.717) is 23.2 Å². The standard InChI is InChI=1S/C24H31ClN2O2/c25-20-9-10-21(22(23(20)26)24(27)11-5-2-6-12-24)29-19-13-18(14-19)16-28-15-17-7-3-1-4-8-17/h1,3-4,7-10,18-19H,2,5-6,11-16,26-27H2/t18-,19+. The van der Waals surface area contributed by atoms with E-state index in [1.54, 1.807) is 0 Å². The number of ether oxygens (including phenoxy) is 2. The summed E-state index contributed by atoms with van der Waals surface area (Å²) in [5.74, 6) is 1.35. The average molecular weight is 415 g/mol. The lowest BCUT2D eigenvalue weighted by Gasteiger charge is -2.39. The minimum Gasteiger partial charge on any atom is -0.490 e. The summed E-state index contributed by atoms with van der Waals surface area (Å²) in [5.41, 5.74) is 15.4. The van der Waals surface area contributed by atoms with Gasteiger partial charge in [-0.3, -0.25) is 0 Å². The van der Waals surface area contributed by atoms with Crippen molar-refractivity contribution < 1.29 is 9.47 Å². The summed E-state index contributed by atoms with van der Waals surface area (Å²) in [5, 5.41) is 0.559. The van der Waals surface area contributed by atoms with Gasteiger partial charge < -0.3 is 20.9 Å². The van der Waals surface area contributed by atoms with Crippen LogP contribution in [0.1, 0.15) is 56.1 Å². The smallest absolute Gasteiger partial charge is 0.126 e. The lowest BCUT2D eigenvalue weighted by atomic mass is 9.76. The second-order valence-corrected chi connectivity index (χ2v) is 9.04. The highest BCUT2D eigenvalue weighted by atomic mass is 35.5. The fourth-order valence-electron chi connectivity index (χ4n) is 4.62. The molecule has 4 N–H and O–H groups in total. The number of hydrogen-bond donors (Lipinski definition) is 2. The third-order valence-electron chi connectivity index (χ3n) is 6.35. The molecular formula is C24H31ClN2O2. The van der Waals surface area contributed by atoms with E-state index in [2.05, 4.69) is 12.1 Å². The van der Waals surface area contributed by atoms with E-state index in [4.69, 9.17) is 32.5 Å². The molecule has 2 aromatic rings. The number of benzene rings is 2. The first kappa shape index (κ1) is 20.5. The minimum absolute atomic E-state index is 0.187. The van der Waals surface area contributed by atoms with Gasteiger partial charge in [0, 0.05) is 11.1 Å². The molecule has 0 atom stereocenters. The number of hydrogen-bond acceptors (Lipinski definition) is 4. The van der Waals surface area contributed by atoms with Crippen LogP contribution in [0, 0.1) is 5.92 Å². The van der Waals surface area contributed by atoms with Crippen molar-refractivity contribution in [3.05, 3.63) is 58.6 Å². The molecule has 4 rings (SSSR count).